The van der Waals surface area contributed by atoms with Crippen LogP contribution in [0.25, 0.3) is 0 Å². The molecule has 0 bridgehead atoms. The summed E-state index contributed by atoms with van der Waals surface area (Å²) in [4.78, 5) is 12.7. The van der Waals surface area contributed by atoms with Crippen LogP contribution in [0.2, 0.25) is 5.02 Å². The molecule has 100 valence electrons. The summed E-state index contributed by atoms with van der Waals surface area (Å²) < 4.78 is 0. The lowest BCUT2D eigenvalue weighted by Gasteiger charge is -2.14. The number of hydrogen-bond donors (Lipinski definition) is 2. The maximum atomic E-state index is 5.82. The van der Waals surface area contributed by atoms with Crippen LogP contribution in [0, 0.1) is 0 Å². The highest BCUT2D eigenvalue weighted by molar-refractivity contribution is 7.99. The zero-order valence-corrected chi connectivity index (χ0v) is 12.2. The number of pyridine rings is 1. The summed E-state index contributed by atoms with van der Waals surface area (Å²) in [6.07, 6.45) is 3.10. The first-order chi connectivity index (χ1) is 9.11. The average Bonchev–Trinajstić information content (AvgIpc) is 2.40. The van der Waals surface area contributed by atoms with Crippen LogP contribution < -0.4 is 11.3 Å². The van der Waals surface area contributed by atoms with E-state index in [9.17, 15) is 0 Å². The van der Waals surface area contributed by atoms with Crippen molar-refractivity contribution in [2.75, 3.05) is 5.43 Å². The van der Waals surface area contributed by atoms with Gasteiger partial charge >= 0.3 is 0 Å². The summed E-state index contributed by atoms with van der Waals surface area (Å²) in [6.45, 7) is 4.14. The van der Waals surface area contributed by atoms with Crippen molar-refractivity contribution in [3.05, 3.63) is 35.2 Å². The van der Waals surface area contributed by atoms with Gasteiger partial charge in [-0.25, -0.2) is 20.8 Å². The van der Waals surface area contributed by atoms with Gasteiger partial charge in [0, 0.05) is 11.8 Å². The van der Waals surface area contributed by atoms with Crippen LogP contribution in [0.1, 0.15) is 25.3 Å². The fourth-order valence-corrected chi connectivity index (χ4v) is 2.71. The monoisotopic (exact) mass is 295 g/mol. The fourth-order valence-electron chi connectivity index (χ4n) is 1.62. The third-order valence-corrected chi connectivity index (χ3v) is 3.66. The molecule has 7 heteroatoms. The quantitative estimate of drug-likeness (QED) is 0.513. The van der Waals surface area contributed by atoms with Gasteiger partial charge in [-0.2, -0.15) is 0 Å². The molecule has 0 aliphatic rings. The highest BCUT2D eigenvalue weighted by Gasteiger charge is 2.15. The van der Waals surface area contributed by atoms with Gasteiger partial charge in [-0.1, -0.05) is 25.4 Å². The van der Waals surface area contributed by atoms with Crippen LogP contribution in [0.3, 0.4) is 0 Å². The van der Waals surface area contributed by atoms with Gasteiger partial charge in [0.05, 0.1) is 5.02 Å². The number of nitrogens with zero attached hydrogens (tertiary/aromatic N) is 3. The van der Waals surface area contributed by atoms with Gasteiger partial charge in [0.25, 0.3) is 0 Å². The Morgan fingerprint density at radius 3 is 2.63 bits per heavy atom. The summed E-state index contributed by atoms with van der Waals surface area (Å²) >= 11 is 7.28. The van der Waals surface area contributed by atoms with Gasteiger partial charge in [0.2, 0.25) is 0 Å². The lowest BCUT2D eigenvalue weighted by molar-refractivity contribution is 0.803. The van der Waals surface area contributed by atoms with E-state index in [1.165, 1.54) is 18.1 Å². The van der Waals surface area contributed by atoms with E-state index in [4.69, 9.17) is 17.4 Å². The molecule has 0 saturated heterocycles. The minimum atomic E-state index is 0.252. The molecule has 0 radical (unpaired) electrons. The van der Waals surface area contributed by atoms with Gasteiger partial charge in [-0.3, -0.25) is 0 Å². The number of rotatable bonds is 4. The van der Waals surface area contributed by atoms with Gasteiger partial charge in [0.15, 0.2) is 0 Å². The van der Waals surface area contributed by atoms with Crippen molar-refractivity contribution in [2.45, 2.75) is 29.8 Å². The van der Waals surface area contributed by atoms with Crippen molar-refractivity contribution < 1.29 is 0 Å². The Labute approximate surface area is 121 Å². The fraction of sp³-hybridized carbons (Fsp3) is 0.250. The van der Waals surface area contributed by atoms with E-state index < -0.39 is 0 Å². The highest BCUT2D eigenvalue weighted by Crippen LogP contribution is 2.34. The summed E-state index contributed by atoms with van der Waals surface area (Å²) in [5, 5.41) is 2.28. The maximum Gasteiger partial charge on any atom is 0.147 e. The molecular weight excluding hydrogens is 282 g/mol. The van der Waals surface area contributed by atoms with Crippen LogP contribution in [-0.2, 0) is 0 Å². The molecule has 19 heavy (non-hydrogen) atoms. The first kappa shape index (κ1) is 14.0. The standard InChI is InChI=1S/C12H14ClN5S/c1-7(2)10-11(18-14)16-6-17-12(10)19-9-4-3-8(13)5-15-9/h3-7H,14H2,1-2H3,(H,16,17,18). The summed E-state index contributed by atoms with van der Waals surface area (Å²) in [5.41, 5.74) is 3.58. The van der Waals surface area contributed by atoms with Crippen LogP contribution in [0.15, 0.2) is 34.7 Å². The van der Waals surface area contributed by atoms with Crippen molar-refractivity contribution in [3.63, 3.8) is 0 Å². The number of aromatic nitrogens is 3. The third kappa shape index (κ3) is 3.34. The lowest BCUT2D eigenvalue weighted by atomic mass is 10.1. The molecule has 3 N–H and O–H groups in total. The average molecular weight is 296 g/mol. The Kier molecular flexibility index (Phi) is 4.57. The Balaban J connectivity index is 2.36. The molecule has 0 aliphatic carbocycles. The van der Waals surface area contributed by atoms with Gasteiger partial charge < -0.3 is 5.43 Å². The lowest BCUT2D eigenvalue weighted by Crippen LogP contribution is -2.13. The van der Waals surface area contributed by atoms with E-state index in [2.05, 4.69) is 34.2 Å². The smallest absolute Gasteiger partial charge is 0.147 e. The molecule has 0 aliphatic heterocycles. The molecule has 2 aromatic rings. The molecule has 0 amide bonds. The second kappa shape index (κ2) is 6.18. The predicted molar refractivity (Wildman–Crippen MR) is 77.3 cm³/mol. The second-order valence-electron chi connectivity index (χ2n) is 4.16. The van der Waals surface area contributed by atoms with Crippen molar-refractivity contribution in [1.82, 2.24) is 15.0 Å². The number of hydrazine groups is 1. The zero-order chi connectivity index (χ0) is 13.8. The number of nitrogen functional groups attached to an aromatic ring is 1. The topological polar surface area (TPSA) is 76.7 Å². The van der Waals surface area contributed by atoms with Crippen LogP contribution >= 0.6 is 23.4 Å². The molecule has 0 saturated carbocycles. The van der Waals surface area contributed by atoms with Gasteiger partial charge in [-0.15, -0.1) is 0 Å². The normalized spacial score (nSPS) is 10.8. The van der Waals surface area contributed by atoms with Crippen LogP contribution in [0.4, 0.5) is 5.82 Å². The number of nitrogens with two attached hydrogens (primary N) is 1. The molecule has 0 atom stereocenters. The summed E-state index contributed by atoms with van der Waals surface area (Å²) in [5.74, 6) is 6.38. The Morgan fingerprint density at radius 1 is 1.26 bits per heavy atom. The molecular formula is C12H14ClN5S. The number of halogens is 1. The van der Waals surface area contributed by atoms with E-state index in [0.717, 1.165) is 15.6 Å². The molecule has 0 fully saturated rings. The van der Waals surface area contributed by atoms with Crippen molar-refractivity contribution >= 4 is 29.2 Å². The van der Waals surface area contributed by atoms with E-state index in [-0.39, 0.29) is 5.92 Å². The third-order valence-electron chi connectivity index (χ3n) is 2.46. The van der Waals surface area contributed by atoms with Crippen molar-refractivity contribution in [2.24, 2.45) is 5.84 Å². The van der Waals surface area contributed by atoms with E-state index >= 15 is 0 Å². The van der Waals surface area contributed by atoms with E-state index in [0.29, 0.717) is 10.8 Å². The van der Waals surface area contributed by atoms with Crippen molar-refractivity contribution in [1.29, 1.82) is 0 Å². The number of nitrogens with one attached hydrogen (secondary N) is 1. The van der Waals surface area contributed by atoms with E-state index in [1.54, 1.807) is 12.3 Å². The van der Waals surface area contributed by atoms with Gasteiger partial charge in [0.1, 0.15) is 22.2 Å². The number of hydrogen-bond acceptors (Lipinski definition) is 6. The Bertz CT molecular complexity index is 559. The van der Waals surface area contributed by atoms with Crippen molar-refractivity contribution in [3.8, 4) is 0 Å². The minimum absolute atomic E-state index is 0.252. The SMILES string of the molecule is CC(C)c1c(NN)ncnc1Sc1ccc(Cl)cn1. The molecule has 2 aromatic heterocycles. The second-order valence-corrected chi connectivity index (χ2v) is 5.60. The summed E-state index contributed by atoms with van der Waals surface area (Å²) in [7, 11) is 0. The largest absolute Gasteiger partial charge is 0.308 e. The zero-order valence-electron chi connectivity index (χ0n) is 10.6. The Hall–Kier alpha value is -1.37. The molecule has 5 nitrogen and oxygen atoms in total. The first-order valence-corrected chi connectivity index (χ1v) is 6.92. The first-order valence-electron chi connectivity index (χ1n) is 5.72. The molecule has 2 heterocycles. The van der Waals surface area contributed by atoms with Crippen LogP contribution in [0.5, 0.6) is 0 Å². The maximum absolute atomic E-state index is 5.82. The Morgan fingerprint density at radius 2 is 2.05 bits per heavy atom. The molecule has 0 aromatic carbocycles. The predicted octanol–water partition coefficient (Wildman–Crippen LogP) is 3.09. The summed E-state index contributed by atoms with van der Waals surface area (Å²) in [6, 6.07) is 3.66. The molecule has 0 spiro atoms. The number of anilines is 1. The van der Waals surface area contributed by atoms with Gasteiger partial charge in [-0.05, 0) is 29.8 Å². The van der Waals surface area contributed by atoms with Crippen LogP contribution in [-0.4, -0.2) is 15.0 Å². The molecule has 0 unspecified atom stereocenters. The molecule has 2 rings (SSSR count). The highest BCUT2D eigenvalue weighted by atomic mass is 35.5. The minimum Gasteiger partial charge on any atom is -0.308 e. The van der Waals surface area contributed by atoms with E-state index in [1.807, 2.05) is 6.07 Å².